The molecular formula is C24H51N7O4. The lowest BCUT2D eigenvalue weighted by Crippen LogP contribution is -2.48. The molecule has 0 rings (SSSR count). The second-order valence-corrected chi connectivity index (χ2v) is 8.70. The molecule has 11 heteroatoms. The van der Waals surface area contributed by atoms with Gasteiger partial charge in [0.15, 0.2) is 0 Å². The van der Waals surface area contributed by atoms with Gasteiger partial charge in [0.1, 0.15) is 6.29 Å². The van der Waals surface area contributed by atoms with E-state index in [9.17, 15) is 19.2 Å². The Labute approximate surface area is 211 Å². The van der Waals surface area contributed by atoms with Crippen LogP contribution >= 0.6 is 0 Å². The number of hydrogen-bond donors (Lipinski definition) is 7. The van der Waals surface area contributed by atoms with Gasteiger partial charge >= 0.3 is 0 Å². The molecule has 11 nitrogen and oxygen atoms in total. The molecule has 206 valence electrons. The van der Waals surface area contributed by atoms with E-state index in [1.807, 2.05) is 14.0 Å². The molecule has 0 bridgehead atoms. The van der Waals surface area contributed by atoms with E-state index in [2.05, 4.69) is 45.7 Å². The van der Waals surface area contributed by atoms with Gasteiger partial charge in [-0.3, -0.25) is 14.4 Å². The summed E-state index contributed by atoms with van der Waals surface area (Å²) in [6, 6.07) is -0.733. The number of hydrogen-bond acceptors (Lipinski definition) is 8. The molecule has 3 amide bonds. The molecule has 0 radical (unpaired) electrons. The highest BCUT2D eigenvalue weighted by Crippen LogP contribution is 2.01. The van der Waals surface area contributed by atoms with E-state index in [0.717, 1.165) is 0 Å². The number of carbonyl (C=O) groups excluding carboxylic acids is 4. The largest absolute Gasteiger partial charge is 0.355 e. The Hall–Kier alpha value is -2.08. The third-order valence-corrected chi connectivity index (χ3v) is 5.55. The molecule has 0 aromatic rings. The highest BCUT2D eigenvalue weighted by molar-refractivity contribution is 5.83. The molecule has 0 spiro atoms. The summed E-state index contributed by atoms with van der Waals surface area (Å²) < 4.78 is 0. The van der Waals surface area contributed by atoms with Crippen molar-refractivity contribution in [3.8, 4) is 0 Å². The molecule has 35 heavy (non-hydrogen) atoms. The maximum atomic E-state index is 12.3. The lowest BCUT2D eigenvalue weighted by atomic mass is 10.1. The maximum absolute atomic E-state index is 12.3. The van der Waals surface area contributed by atoms with Crippen LogP contribution in [0.25, 0.3) is 0 Å². The fourth-order valence-electron chi connectivity index (χ4n) is 2.88. The molecule has 0 fully saturated rings. The highest BCUT2D eigenvalue weighted by atomic mass is 16.2. The van der Waals surface area contributed by atoms with Crippen molar-refractivity contribution in [2.45, 2.75) is 84.5 Å². The topological polar surface area (TPSA) is 166 Å². The summed E-state index contributed by atoms with van der Waals surface area (Å²) in [6.07, 6.45) is 4.07. The molecule has 8 N–H and O–H groups in total. The van der Waals surface area contributed by atoms with Crippen LogP contribution in [0.1, 0.15) is 60.3 Å². The fraction of sp³-hybridized carbons (Fsp3) is 0.833. The Kier molecular flexibility index (Phi) is 22.4. The Morgan fingerprint density at radius 1 is 0.829 bits per heavy atom. The predicted molar refractivity (Wildman–Crippen MR) is 141 cm³/mol. The van der Waals surface area contributed by atoms with Crippen LogP contribution in [0.2, 0.25) is 0 Å². The number of aldehydes is 1. The number of nitrogens with two attached hydrogens (primary N) is 1. The zero-order valence-corrected chi connectivity index (χ0v) is 22.8. The number of nitrogens with one attached hydrogen (secondary N) is 6. The molecule has 0 aromatic carbocycles. The lowest BCUT2D eigenvalue weighted by molar-refractivity contribution is -0.126. The van der Waals surface area contributed by atoms with Gasteiger partial charge in [-0.15, -0.1) is 0 Å². The van der Waals surface area contributed by atoms with E-state index in [0.29, 0.717) is 44.8 Å². The maximum Gasteiger partial charge on any atom is 0.237 e. The van der Waals surface area contributed by atoms with Crippen LogP contribution in [0.5, 0.6) is 0 Å². The van der Waals surface area contributed by atoms with Gasteiger partial charge in [0, 0.05) is 31.6 Å². The van der Waals surface area contributed by atoms with Crippen LogP contribution in [0, 0.1) is 5.92 Å². The summed E-state index contributed by atoms with van der Waals surface area (Å²) in [5.41, 5.74) is 5.43. The van der Waals surface area contributed by atoms with Crippen molar-refractivity contribution in [3.63, 3.8) is 0 Å². The van der Waals surface area contributed by atoms with E-state index in [4.69, 9.17) is 5.73 Å². The molecule has 0 aliphatic carbocycles. The van der Waals surface area contributed by atoms with Crippen molar-refractivity contribution in [1.82, 2.24) is 31.9 Å². The molecule has 0 aromatic heterocycles. The highest BCUT2D eigenvalue weighted by Gasteiger charge is 2.19. The van der Waals surface area contributed by atoms with Gasteiger partial charge in [-0.2, -0.15) is 0 Å². The molecule has 0 aliphatic rings. The normalized spacial score (nSPS) is 14.9. The fourth-order valence-corrected chi connectivity index (χ4v) is 2.88. The Balaban J connectivity index is 0. The zero-order valence-electron chi connectivity index (χ0n) is 22.8. The van der Waals surface area contributed by atoms with Crippen molar-refractivity contribution in [1.29, 1.82) is 0 Å². The number of carbonyl (C=O) groups is 4. The summed E-state index contributed by atoms with van der Waals surface area (Å²) in [6.45, 7) is 11.2. The summed E-state index contributed by atoms with van der Waals surface area (Å²) in [4.78, 5) is 46.5. The third kappa shape index (κ3) is 18.9. The van der Waals surface area contributed by atoms with Gasteiger partial charge in [-0.05, 0) is 53.8 Å². The first-order chi connectivity index (χ1) is 16.6. The van der Waals surface area contributed by atoms with Gasteiger partial charge < -0.3 is 42.4 Å². The van der Waals surface area contributed by atoms with Gasteiger partial charge in [0.25, 0.3) is 0 Å². The summed E-state index contributed by atoms with van der Waals surface area (Å²) in [5, 5.41) is 17.3. The minimum atomic E-state index is -0.715. The van der Waals surface area contributed by atoms with Crippen LogP contribution in [-0.2, 0) is 19.2 Å². The van der Waals surface area contributed by atoms with Crippen LogP contribution in [0.3, 0.4) is 0 Å². The smallest absolute Gasteiger partial charge is 0.237 e. The number of rotatable bonds is 18. The molecule has 0 aliphatic heterocycles. The minimum absolute atomic E-state index is 0.0966. The molecular weight excluding hydrogens is 450 g/mol. The second kappa shape index (κ2) is 22.4. The van der Waals surface area contributed by atoms with Gasteiger partial charge in [-0.1, -0.05) is 27.2 Å². The quantitative estimate of drug-likeness (QED) is 0.121. The summed E-state index contributed by atoms with van der Waals surface area (Å²) in [7, 11) is 3.71. The van der Waals surface area contributed by atoms with Crippen molar-refractivity contribution < 1.29 is 19.2 Å². The minimum Gasteiger partial charge on any atom is -0.355 e. The van der Waals surface area contributed by atoms with Crippen molar-refractivity contribution in [2.24, 2.45) is 11.7 Å². The number of amides is 3. The predicted octanol–water partition coefficient (Wildman–Crippen LogP) is -0.742. The van der Waals surface area contributed by atoms with Gasteiger partial charge in [0.2, 0.25) is 17.7 Å². The standard InChI is InChI=1S/C18H36N6O4.C6H15N/c1-5-21-15(7-9-22-17(27)13(3)20-4)18(28)23-8-6-12(2)16(26)24-10-14(19)11-25;1-4-5-6(2)7-3/h11-15,20-21H,5-10,19H2,1-4H3,(H,22,27)(H,23,28)(H,24,26);6-7H,4-5H2,1-3H3. The molecule has 0 heterocycles. The van der Waals surface area contributed by atoms with Crippen molar-refractivity contribution in [2.75, 3.05) is 40.3 Å². The third-order valence-electron chi connectivity index (χ3n) is 5.55. The molecule has 5 atom stereocenters. The van der Waals surface area contributed by atoms with E-state index in [1.54, 1.807) is 20.9 Å². The first-order valence-electron chi connectivity index (χ1n) is 12.7. The van der Waals surface area contributed by atoms with Crippen molar-refractivity contribution >= 4 is 24.0 Å². The van der Waals surface area contributed by atoms with E-state index in [-0.39, 0.29) is 36.2 Å². The second-order valence-electron chi connectivity index (χ2n) is 8.70. The Morgan fingerprint density at radius 3 is 1.91 bits per heavy atom. The number of likely N-dealkylation sites (N-methyl/N-ethyl adjacent to an activating group) is 2. The Bertz CT molecular complexity index is 592. The molecule has 5 unspecified atom stereocenters. The first kappa shape index (κ1) is 35.1. The summed E-state index contributed by atoms with van der Waals surface area (Å²) in [5.74, 6) is -0.823. The van der Waals surface area contributed by atoms with E-state index in [1.165, 1.54) is 12.8 Å². The molecule has 0 saturated carbocycles. The first-order valence-corrected chi connectivity index (χ1v) is 12.7. The van der Waals surface area contributed by atoms with Crippen molar-refractivity contribution in [3.05, 3.63) is 0 Å². The van der Waals surface area contributed by atoms with Crippen LogP contribution in [0.15, 0.2) is 0 Å². The summed E-state index contributed by atoms with van der Waals surface area (Å²) >= 11 is 0. The average Bonchev–Trinajstić information content (AvgIpc) is 2.85. The van der Waals surface area contributed by atoms with E-state index < -0.39 is 12.1 Å². The van der Waals surface area contributed by atoms with Crippen LogP contribution in [0.4, 0.5) is 0 Å². The lowest BCUT2D eigenvalue weighted by Gasteiger charge is -2.19. The molecule has 0 saturated heterocycles. The monoisotopic (exact) mass is 501 g/mol. The van der Waals surface area contributed by atoms with Gasteiger partial charge in [0.05, 0.1) is 18.1 Å². The van der Waals surface area contributed by atoms with Crippen LogP contribution in [-0.4, -0.2) is 88.4 Å². The SMILES string of the molecule is CCCC(C)NC.CCNC(CCNC(=O)C(C)NC)C(=O)NCCC(C)C(=O)NCC(N)C=O. The average molecular weight is 502 g/mol. The van der Waals surface area contributed by atoms with E-state index >= 15 is 0 Å². The zero-order chi connectivity index (χ0) is 27.2. The Morgan fingerprint density at radius 2 is 1.43 bits per heavy atom. The van der Waals surface area contributed by atoms with Crippen LogP contribution < -0.4 is 37.6 Å². The van der Waals surface area contributed by atoms with Gasteiger partial charge in [-0.25, -0.2) is 0 Å².